The van der Waals surface area contributed by atoms with Crippen molar-refractivity contribution in [2.24, 2.45) is 0 Å². The number of likely N-dealkylation sites (N-methyl/N-ethyl adjacent to an activating group) is 1. The lowest BCUT2D eigenvalue weighted by atomic mass is 10.1. The van der Waals surface area contributed by atoms with Crippen LogP contribution < -0.4 is 5.32 Å². The number of benzene rings is 1. The molecule has 1 atom stereocenters. The normalized spacial score (nSPS) is 12.5. The molecule has 0 aliphatic heterocycles. The first-order chi connectivity index (χ1) is 11.8. The second-order valence-corrected chi connectivity index (χ2v) is 6.03. The van der Waals surface area contributed by atoms with E-state index in [1.807, 2.05) is 24.5 Å². The average Bonchev–Trinajstić information content (AvgIpc) is 3.08. The summed E-state index contributed by atoms with van der Waals surface area (Å²) in [5.41, 5.74) is 4.54. The predicted molar refractivity (Wildman–Crippen MR) is 96.4 cm³/mol. The zero-order chi connectivity index (χ0) is 16.8. The molecule has 5 heteroatoms. The van der Waals surface area contributed by atoms with E-state index >= 15 is 0 Å². The first kappa shape index (κ1) is 16.4. The maximum atomic E-state index is 4.19. The molecule has 0 aliphatic rings. The Labute approximate surface area is 142 Å². The van der Waals surface area contributed by atoms with E-state index in [0.717, 1.165) is 29.9 Å². The van der Waals surface area contributed by atoms with Crippen LogP contribution in [0.4, 0.5) is 0 Å². The van der Waals surface area contributed by atoms with Crippen molar-refractivity contribution in [3.8, 4) is 11.3 Å². The number of aromatic amines is 1. The van der Waals surface area contributed by atoms with E-state index in [1.54, 1.807) is 6.20 Å². The van der Waals surface area contributed by atoms with Crippen molar-refractivity contribution in [1.29, 1.82) is 0 Å². The van der Waals surface area contributed by atoms with Gasteiger partial charge in [-0.1, -0.05) is 30.3 Å². The third kappa shape index (κ3) is 3.88. The fourth-order valence-electron chi connectivity index (χ4n) is 2.82. The van der Waals surface area contributed by atoms with Crippen LogP contribution in [0.1, 0.15) is 17.2 Å². The SMILES string of the molecule is CN(C)C(CNCc1cn[nH]c1-c1cccnc1)c1ccccc1. The monoisotopic (exact) mass is 321 g/mol. The van der Waals surface area contributed by atoms with E-state index in [4.69, 9.17) is 0 Å². The van der Waals surface area contributed by atoms with Gasteiger partial charge in [0.2, 0.25) is 0 Å². The molecule has 5 nitrogen and oxygen atoms in total. The molecule has 2 N–H and O–H groups in total. The van der Waals surface area contributed by atoms with Gasteiger partial charge in [0.25, 0.3) is 0 Å². The highest BCUT2D eigenvalue weighted by atomic mass is 15.1. The molecule has 0 radical (unpaired) electrons. The van der Waals surface area contributed by atoms with Gasteiger partial charge in [0.1, 0.15) is 0 Å². The first-order valence-corrected chi connectivity index (χ1v) is 8.10. The summed E-state index contributed by atoms with van der Waals surface area (Å²) in [4.78, 5) is 6.41. The minimum absolute atomic E-state index is 0.333. The van der Waals surface area contributed by atoms with Gasteiger partial charge >= 0.3 is 0 Å². The molecule has 2 aromatic heterocycles. The largest absolute Gasteiger partial charge is 0.311 e. The van der Waals surface area contributed by atoms with Crippen LogP contribution in [-0.4, -0.2) is 40.7 Å². The highest BCUT2D eigenvalue weighted by molar-refractivity contribution is 5.61. The standard InChI is InChI=1S/C19H23N5/c1-24(2)18(15-7-4-3-5-8-15)14-21-12-17-13-22-23-19(17)16-9-6-10-20-11-16/h3-11,13,18,21H,12,14H2,1-2H3,(H,22,23). The minimum atomic E-state index is 0.333. The molecule has 1 unspecified atom stereocenters. The van der Waals surface area contributed by atoms with Crippen molar-refractivity contribution in [2.75, 3.05) is 20.6 Å². The lowest BCUT2D eigenvalue weighted by Gasteiger charge is -2.25. The Morgan fingerprint density at radius 1 is 1.08 bits per heavy atom. The highest BCUT2D eigenvalue weighted by Crippen LogP contribution is 2.20. The molecule has 1 aromatic carbocycles. The van der Waals surface area contributed by atoms with Gasteiger partial charge in [-0.15, -0.1) is 0 Å². The van der Waals surface area contributed by atoms with Crippen LogP contribution in [0, 0.1) is 0 Å². The van der Waals surface area contributed by atoms with Crippen molar-refractivity contribution in [3.63, 3.8) is 0 Å². The zero-order valence-corrected chi connectivity index (χ0v) is 14.1. The smallest absolute Gasteiger partial charge is 0.0710 e. The topological polar surface area (TPSA) is 56.8 Å². The molecule has 0 bridgehead atoms. The molecule has 124 valence electrons. The van der Waals surface area contributed by atoms with Gasteiger partial charge < -0.3 is 10.2 Å². The van der Waals surface area contributed by atoms with Crippen LogP contribution >= 0.6 is 0 Å². The van der Waals surface area contributed by atoms with Gasteiger partial charge in [-0.25, -0.2) is 0 Å². The summed E-state index contributed by atoms with van der Waals surface area (Å²) in [6, 6.07) is 14.9. The summed E-state index contributed by atoms with van der Waals surface area (Å²) < 4.78 is 0. The molecule has 24 heavy (non-hydrogen) atoms. The van der Waals surface area contributed by atoms with Crippen molar-refractivity contribution < 1.29 is 0 Å². The third-order valence-corrected chi connectivity index (χ3v) is 4.13. The van der Waals surface area contributed by atoms with Crippen LogP contribution in [0.5, 0.6) is 0 Å². The van der Waals surface area contributed by atoms with Crippen molar-refractivity contribution in [1.82, 2.24) is 25.4 Å². The molecule has 0 fully saturated rings. The number of hydrogen-bond acceptors (Lipinski definition) is 4. The van der Waals surface area contributed by atoms with Gasteiger partial charge in [-0.05, 0) is 31.8 Å². The maximum absolute atomic E-state index is 4.19. The van der Waals surface area contributed by atoms with Gasteiger partial charge in [-0.3, -0.25) is 10.1 Å². The number of hydrogen-bond donors (Lipinski definition) is 2. The Morgan fingerprint density at radius 2 is 1.92 bits per heavy atom. The van der Waals surface area contributed by atoms with Gasteiger partial charge in [0.05, 0.1) is 11.9 Å². The van der Waals surface area contributed by atoms with Gasteiger partial charge in [0, 0.05) is 42.7 Å². The van der Waals surface area contributed by atoms with Gasteiger partial charge in [0.15, 0.2) is 0 Å². The lowest BCUT2D eigenvalue weighted by molar-refractivity contribution is 0.288. The third-order valence-electron chi connectivity index (χ3n) is 4.13. The highest BCUT2D eigenvalue weighted by Gasteiger charge is 2.14. The summed E-state index contributed by atoms with van der Waals surface area (Å²) in [6.45, 7) is 1.63. The van der Waals surface area contributed by atoms with Crippen molar-refractivity contribution in [3.05, 3.63) is 72.2 Å². The number of pyridine rings is 1. The van der Waals surface area contributed by atoms with E-state index in [1.165, 1.54) is 5.56 Å². The molecular formula is C19H23N5. The molecule has 2 heterocycles. The quantitative estimate of drug-likeness (QED) is 0.702. The van der Waals surface area contributed by atoms with E-state index in [9.17, 15) is 0 Å². The summed E-state index contributed by atoms with van der Waals surface area (Å²) in [6.07, 6.45) is 5.51. The Bertz CT molecular complexity index is 737. The van der Waals surface area contributed by atoms with E-state index in [0.29, 0.717) is 6.04 Å². The number of aromatic nitrogens is 3. The molecule has 0 saturated heterocycles. The summed E-state index contributed by atoms with van der Waals surface area (Å²) in [5.74, 6) is 0. The fraction of sp³-hybridized carbons (Fsp3) is 0.263. The molecular weight excluding hydrogens is 298 g/mol. The summed E-state index contributed by atoms with van der Waals surface area (Å²) >= 11 is 0. The van der Waals surface area contributed by atoms with E-state index in [-0.39, 0.29) is 0 Å². The number of nitrogens with one attached hydrogen (secondary N) is 2. The maximum Gasteiger partial charge on any atom is 0.0710 e. The van der Waals surface area contributed by atoms with Crippen LogP contribution in [0.25, 0.3) is 11.3 Å². The van der Waals surface area contributed by atoms with Crippen molar-refractivity contribution >= 4 is 0 Å². The van der Waals surface area contributed by atoms with Crippen LogP contribution in [-0.2, 0) is 6.54 Å². The Morgan fingerprint density at radius 3 is 2.62 bits per heavy atom. The summed E-state index contributed by atoms with van der Waals surface area (Å²) in [5, 5.41) is 10.8. The minimum Gasteiger partial charge on any atom is -0.311 e. The number of H-pyrrole nitrogens is 1. The Kier molecular flexibility index (Phi) is 5.36. The lowest BCUT2D eigenvalue weighted by Crippen LogP contribution is -2.30. The van der Waals surface area contributed by atoms with Crippen LogP contribution in [0.2, 0.25) is 0 Å². The predicted octanol–water partition coefficient (Wildman–Crippen LogP) is 2.86. The Hall–Kier alpha value is -2.50. The Balaban J connectivity index is 1.65. The molecule has 0 saturated carbocycles. The van der Waals surface area contributed by atoms with Gasteiger partial charge in [-0.2, -0.15) is 5.10 Å². The molecule has 3 rings (SSSR count). The number of rotatable bonds is 7. The summed E-state index contributed by atoms with van der Waals surface area (Å²) in [7, 11) is 4.22. The number of nitrogens with zero attached hydrogens (tertiary/aromatic N) is 3. The second kappa shape index (κ2) is 7.86. The van der Waals surface area contributed by atoms with E-state index < -0.39 is 0 Å². The second-order valence-electron chi connectivity index (χ2n) is 6.03. The van der Waals surface area contributed by atoms with Crippen LogP contribution in [0.3, 0.4) is 0 Å². The van der Waals surface area contributed by atoms with E-state index in [2.05, 4.69) is 69.8 Å². The van der Waals surface area contributed by atoms with Crippen LogP contribution in [0.15, 0.2) is 61.1 Å². The molecule has 0 spiro atoms. The molecule has 3 aromatic rings. The molecule has 0 aliphatic carbocycles. The first-order valence-electron chi connectivity index (χ1n) is 8.10. The molecule has 0 amide bonds. The van der Waals surface area contributed by atoms with Crippen molar-refractivity contribution in [2.45, 2.75) is 12.6 Å². The zero-order valence-electron chi connectivity index (χ0n) is 14.1. The fourth-order valence-corrected chi connectivity index (χ4v) is 2.82. The average molecular weight is 321 g/mol.